The monoisotopic (exact) mass is 130 g/mol. The minimum atomic E-state index is -0.275. The van der Waals surface area contributed by atoms with Crippen molar-refractivity contribution >= 4 is 0 Å². The van der Waals surface area contributed by atoms with Crippen molar-refractivity contribution in [2.24, 2.45) is 5.41 Å². The summed E-state index contributed by atoms with van der Waals surface area (Å²) >= 11 is 0. The SMILES string of the molecule is CC1(CO)CCCC1O. The Morgan fingerprint density at radius 2 is 2.33 bits per heavy atom. The molecule has 0 amide bonds. The van der Waals surface area contributed by atoms with Gasteiger partial charge in [-0.2, -0.15) is 0 Å². The number of hydrogen-bond donors (Lipinski definition) is 2. The summed E-state index contributed by atoms with van der Waals surface area (Å²) in [4.78, 5) is 0. The highest BCUT2D eigenvalue weighted by Crippen LogP contribution is 2.36. The van der Waals surface area contributed by atoms with Crippen LogP contribution in [-0.2, 0) is 0 Å². The highest BCUT2D eigenvalue weighted by molar-refractivity contribution is 4.87. The number of hydrogen-bond acceptors (Lipinski definition) is 2. The quantitative estimate of drug-likeness (QED) is 0.543. The van der Waals surface area contributed by atoms with E-state index in [9.17, 15) is 5.11 Å². The van der Waals surface area contributed by atoms with Gasteiger partial charge in [-0.25, -0.2) is 0 Å². The summed E-state index contributed by atoms with van der Waals surface area (Å²) < 4.78 is 0. The molecule has 0 aromatic rings. The second kappa shape index (κ2) is 2.27. The van der Waals surface area contributed by atoms with Crippen molar-refractivity contribution in [2.45, 2.75) is 32.3 Å². The molecule has 1 aliphatic rings. The van der Waals surface area contributed by atoms with Crippen LogP contribution in [0.3, 0.4) is 0 Å². The molecule has 9 heavy (non-hydrogen) atoms. The van der Waals surface area contributed by atoms with Crippen LogP contribution in [0.25, 0.3) is 0 Å². The van der Waals surface area contributed by atoms with Gasteiger partial charge in [-0.15, -0.1) is 0 Å². The maximum atomic E-state index is 9.29. The van der Waals surface area contributed by atoms with Gasteiger partial charge in [0.05, 0.1) is 12.7 Å². The van der Waals surface area contributed by atoms with E-state index in [4.69, 9.17) is 5.11 Å². The van der Waals surface area contributed by atoms with Gasteiger partial charge in [-0.1, -0.05) is 13.3 Å². The molecule has 0 aromatic heterocycles. The van der Waals surface area contributed by atoms with Gasteiger partial charge >= 0.3 is 0 Å². The van der Waals surface area contributed by atoms with Crippen LogP contribution < -0.4 is 0 Å². The lowest BCUT2D eigenvalue weighted by molar-refractivity contribution is 0.0201. The number of aliphatic hydroxyl groups is 2. The van der Waals surface area contributed by atoms with Crippen molar-refractivity contribution in [3.8, 4) is 0 Å². The Hall–Kier alpha value is -0.0800. The van der Waals surface area contributed by atoms with Crippen molar-refractivity contribution in [1.82, 2.24) is 0 Å². The molecule has 2 unspecified atom stereocenters. The van der Waals surface area contributed by atoms with E-state index in [-0.39, 0.29) is 18.1 Å². The molecule has 1 rings (SSSR count). The number of aliphatic hydroxyl groups excluding tert-OH is 2. The Balaban J connectivity index is 2.56. The van der Waals surface area contributed by atoms with Gasteiger partial charge in [0.25, 0.3) is 0 Å². The molecule has 0 saturated heterocycles. The average Bonchev–Trinajstić information content (AvgIpc) is 2.15. The molecule has 0 bridgehead atoms. The van der Waals surface area contributed by atoms with Crippen molar-refractivity contribution in [2.75, 3.05) is 6.61 Å². The Kier molecular flexibility index (Phi) is 1.78. The average molecular weight is 130 g/mol. The van der Waals surface area contributed by atoms with Crippen LogP contribution in [0.15, 0.2) is 0 Å². The smallest absolute Gasteiger partial charge is 0.0615 e. The van der Waals surface area contributed by atoms with Crippen molar-refractivity contribution in [3.05, 3.63) is 0 Å². The second-order valence-corrected chi connectivity index (χ2v) is 3.22. The molecular weight excluding hydrogens is 116 g/mol. The third kappa shape index (κ3) is 1.10. The van der Waals surface area contributed by atoms with E-state index >= 15 is 0 Å². The van der Waals surface area contributed by atoms with Gasteiger partial charge in [-0.3, -0.25) is 0 Å². The molecule has 0 heterocycles. The van der Waals surface area contributed by atoms with E-state index in [0.717, 1.165) is 19.3 Å². The second-order valence-electron chi connectivity index (χ2n) is 3.22. The summed E-state index contributed by atoms with van der Waals surface area (Å²) in [6.45, 7) is 2.05. The first-order chi connectivity index (χ1) is 4.19. The van der Waals surface area contributed by atoms with Gasteiger partial charge in [0.15, 0.2) is 0 Å². The molecule has 1 aliphatic carbocycles. The van der Waals surface area contributed by atoms with E-state index < -0.39 is 0 Å². The summed E-state index contributed by atoms with van der Waals surface area (Å²) in [5.74, 6) is 0. The first-order valence-corrected chi connectivity index (χ1v) is 3.48. The minimum absolute atomic E-state index is 0.119. The normalized spacial score (nSPS) is 43.7. The van der Waals surface area contributed by atoms with Crippen LogP contribution in [0.2, 0.25) is 0 Å². The van der Waals surface area contributed by atoms with Crippen LogP contribution in [0.1, 0.15) is 26.2 Å². The molecular formula is C7H14O2. The zero-order valence-corrected chi connectivity index (χ0v) is 5.80. The first kappa shape index (κ1) is 7.03. The van der Waals surface area contributed by atoms with E-state index in [2.05, 4.69) is 0 Å². The van der Waals surface area contributed by atoms with Gasteiger partial charge in [-0.05, 0) is 12.8 Å². The first-order valence-electron chi connectivity index (χ1n) is 3.48. The Morgan fingerprint density at radius 3 is 2.56 bits per heavy atom. The summed E-state index contributed by atoms with van der Waals surface area (Å²) in [5, 5.41) is 18.1. The fourth-order valence-electron chi connectivity index (χ4n) is 1.40. The van der Waals surface area contributed by atoms with E-state index in [1.165, 1.54) is 0 Å². The van der Waals surface area contributed by atoms with Crippen molar-refractivity contribution in [3.63, 3.8) is 0 Å². The van der Waals surface area contributed by atoms with Gasteiger partial charge in [0.2, 0.25) is 0 Å². The molecule has 0 aromatic carbocycles. The lowest BCUT2D eigenvalue weighted by Gasteiger charge is -2.24. The molecule has 2 atom stereocenters. The molecule has 0 radical (unpaired) electrons. The van der Waals surface area contributed by atoms with E-state index in [1.807, 2.05) is 6.92 Å². The molecule has 54 valence electrons. The van der Waals surface area contributed by atoms with Crippen LogP contribution in [-0.4, -0.2) is 22.9 Å². The minimum Gasteiger partial charge on any atom is -0.396 e. The van der Waals surface area contributed by atoms with Gasteiger partial charge in [0, 0.05) is 5.41 Å². The van der Waals surface area contributed by atoms with Crippen molar-refractivity contribution < 1.29 is 10.2 Å². The topological polar surface area (TPSA) is 40.5 Å². The third-order valence-electron chi connectivity index (χ3n) is 2.39. The van der Waals surface area contributed by atoms with Crippen LogP contribution >= 0.6 is 0 Å². The fourth-order valence-corrected chi connectivity index (χ4v) is 1.40. The predicted octanol–water partition coefficient (Wildman–Crippen LogP) is 0.530. The molecule has 2 N–H and O–H groups in total. The van der Waals surface area contributed by atoms with Crippen LogP contribution in [0.4, 0.5) is 0 Å². The molecule has 1 fully saturated rings. The largest absolute Gasteiger partial charge is 0.396 e. The Labute approximate surface area is 55.5 Å². The molecule has 1 saturated carbocycles. The van der Waals surface area contributed by atoms with Crippen LogP contribution in [0, 0.1) is 5.41 Å². The molecule has 0 spiro atoms. The maximum Gasteiger partial charge on any atom is 0.0615 e. The summed E-state index contributed by atoms with van der Waals surface area (Å²) in [6, 6.07) is 0. The Bertz CT molecular complexity index is 103. The van der Waals surface area contributed by atoms with Gasteiger partial charge in [0.1, 0.15) is 0 Å². The highest BCUT2D eigenvalue weighted by atomic mass is 16.3. The van der Waals surface area contributed by atoms with E-state index in [0.29, 0.717) is 0 Å². The molecule has 0 aliphatic heterocycles. The maximum absolute atomic E-state index is 9.29. The van der Waals surface area contributed by atoms with Gasteiger partial charge < -0.3 is 10.2 Å². The zero-order chi connectivity index (χ0) is 6.91. The summed E-state index contributed by atoms with van der Waals surface area (Å²) in [5.41, 5.74) is -0.194. The zero-order valence-electron chi connectivity index (χ0n) is 5.80. The number of rotatable bonds is 1. The molecule has 2 heteroatoms. The lowest BCUT2D eigenvalue weighted by atomic mass is 9.88. The van der Waals surface area contributed by atoms with E-state index in [1.54, 1.807) is 0 Å². The lowest BCUT2D eigenvalue weighted by Crippen LogP contribution is -2.29. The standard InChI is InChI=1S/C7H14O2/c1-7(5-8)4-2-3-6(7)9/h6,8-9H,2-5H2,1H3. The summed E-state index contributed by atoms with van der Waals surface area (Å²) in [7, 11) is 0. The Morgan fingerprint density at radius 1 is 1.67 bits per heavy atom. The molecule has 2 nitrogen and oxygen atoms in total. The van der Waals surface area contributed by atoms with Crippen LogP contribution in [0.5, 0.6) is 0 Å². The third-order valence-corrected chi connectivity index (χ3v) is 2.39. The predicted molar refractivity (Wildman–Crippen MR) is 35.1 cm³/mol. The fraction of sp³-hybridized carbons (Fsp3) is 1.00. The van der Waals surface area contributed by atoms with Crippen molar-refractivity contribution in [1.29, 1.82) is 0 Å². The highest BCUT2D eigenvalue weighted by Gasteiger charge is 2.36. The summed E-state index contributed by atoms with van der Waals surface area (Å²) in [6.07, 6.45) is 2.60.